The Morgan fingerprint density at radius 1 is 1.27 bits per heavy atom. The molecule has 1 saturated heterocycles. The molecule has 1 N–H and O–H groups in total. The molecule has 4 heteroatoms. The summed E-state index contributed by atoms with van der Waals surface area (Å²) in [5, 5.41) is 3.16. The molecule has 0 aromatic heterocycles. The van der Waals surface area contributed by atoms with Gasteiger partial charge in [-0.3, -0.25) is 0 Å². The van der Waals surface area contributed by atoms with Crippen molar-refractivity contribution in [2.75, 3.05) is 18.8 Å². The van der Waals surface area contributed by atoms with E-state index in [1.54, 1.807) is 0 Å². The SMILES string of the molecule is CC(C)CCS(=O)(=O)C1CCCNCC1. The summed E-state index contributed by atoms with van der Waals surface area (Å²) in [6, 6.07) is 0. The number of hydrogen-bond acceptors (Lipinski definition) is 3. The Hall–Kier alpha value is -0.0900. The van der Waals surface area contributed by atoms with Gasteiger partial charge in [0.25, 0.3) is 0 Å². The van der Waals surface area contributed by atoms with Gasteiger partial charge in [0, 0.05) is 0 Å². The molecule has 15 heavy (non-hydrogen) atoms. The third-order valence-corrected chi connectivity index (χ3v) is 5.30. The predicted octanol–water partition coefficient (Wildman–Crippen LogP) is 1.59. The van der Waals surface area contributed by atoms with Gasteiger partial charge >= 0.3 is 0 Å². The van der Waals surface area contributed by atoms with E-state index >= 15 is 0 Å². The van der Waals surface area contributed by atoms with Crippen molar-refractivity contribution in [3.05, 3.63) is 0 Å². The summed E-state index contributed by atoms with van der Waals surface area (Å²) < 4.78 is 24.0. The summed E-state index contributed by atoms with van der Waals surface area (Å²) >= 11 is 0. The van der Waals surface area contributed by atoms with Crippen LogP contribution in [-0.4, -0.2) is 32.5 Å². The molecule has 0 saturated carbocycles. The fourth-order valence-electron chi connectivity index (χ4n) is 1.91. The summed E-state index contributed by atoms with van der Waals surface area (Å²) in [6.07, 6.45) is 3.42. The number of nitrogens with one attached hydrogen (secondary N) is 1. The van der Waals surface area contributed by atoms with Crippen LogP contribution in [0.25, 0.3) is 0 Å². The number of hydrogen-bond donors (Lipinski definition) is 1. The average molecular weight is 233 g/mol. The molecule has 1 rings (SSSR count). The zero-order valence-corrected chi connectivity index (χ0v) is 10.6. The van der Waals surface area contributed by atoms with Crippen LogP contribution >= 0.6 is 0 Å². The molecule has 1 heterocycles. The standard InChI is InChI=1S/C11H23NO2S/c1-10(2)6-9-15(13,14)11-4-3-7-12-8-5-11/h10-12H,3-9H2,1-2H3. The van der Waals surface area contributed by atoms with Crippen LogP contribution in [0.2, 0.25) is 0 Å². The zero-order valence-electron chi connectivity index (χ0n) is 9.83. The molecule has 0 amide bonds. The molecule has 1 atom stereocenters. The highest BCUT2D eigenvalue weighted by Gasteiger charge is 2.25. The van der Waals surface area contributed by atoms with E-state index in [9.17, 15) is 8.42 Å². The van der Waals surface area contributed by atoms with Crippen LogP contribution in [0.1, 0.15) is 39.5 Å². The third kappa shape index (κ3) is 4.51. The molecule has 0 aliphatic carbocycles. The smallest absolute Gasteiger partial charge is 0.153 e. The summed E-state index contributed by atoms with van der Waals surface area (Å²) in [6.45, 7) is 5.97. The molecule has 3 nitrogen and oxygen atoms in total. The molecular formula is C11H23NO2S. The first-order valence-corrected chi connectivity index (χ1v) is 7.66. The van der Waals surface area contributed by atoms with Crippen LogP contribution < -0.4 is 5.32 Å². The molecule has 0 spiro atoms. The highest BCUT2D eigenvalue weighted by Crippen LogP contribution is 2.17. The summed E-state index contributed by atoms with van der Waals surface area (Å²) in [5.74, 6) is 0.846. The van der Waals surface area contributed by atoms with Gasteiger partial charge in [-0.1, -0.05) is 13.8 Å². The molecule has 0 aromatic carbocycles. The minimum Gasteiger partial charge on any atom is -0.317 e. The Kier molecular flexibility index (Phi) is 5.06. The van der Waals surface area contributed by atoms with Crippen molar-refractivity contribution in [1.82, 2.24) is 5.32 Å². The second-order valence-electron chi connectivity index (χ2n) is 4.85. The van der Waals surface area contributed by atoms with Gasteiger partial charge in [0.1, 0.15) is 0 Å². The van der Waals surface area contributed by atoms with Crippen molar-refractivity contribution in [3.63, 3.8) is 0 Å². The lowest BCUT2D eigenvalue weighted by atomic mass is 10.2. The minimum atomic E-state index is -2.84. The van der Waals surface area contributed by atoms with Gasteiger partial charge in [0.05, 0.1) is 11.0 Å². The first-order chi connectivity index (χ1) is 7.02. The second-order valence-corrected chi connectivity index (χ2v) is 7.25. The van der Waals surface area contributed by atoms with Crippen LogP contribution in [0.5, 0.6) is 0 Å². The van der Waals surface area contributed by atoms with E-state index in [1.165, 1.54) is 0 Å². The summed E-state index contributed by atoms with van der Waals surface area (Å²) in [7, 11) is -2.84. The van der Waals surface area contributed by atoms with E-state index in [0.29, 0.717) is 11.7 Å². The fourth-order valence-corrected chi connectivity index (χ4v) is 4.05. The predicted molar refractivity (Wildman–Crippen MR) is 63.8 cm³/mol. The normalized spacial score (nSPS) is 24.1. The van der Waals surface area contributed by atoms with Crippen molar-refractivity contribution >= 4 is 9.84 Å². The molecule has 0 bridgehead atoms. The Balaban J connectivity index is 2.51. The molecular weight excluding hydrogens is 210 g/mol. The van der Waals surface area contributed by atoms with Crippen molar-refractivity contribution in [3.8, 4) is 0 Å². The van der Waals surface area contributed by atoms with Crippen molar-refractivity contribution < 1.29 is 8.42 Å². The number of rotatable bonds is 4. The van der Waals surface area contributed by atoms with Gasteiger partial charge < -0.3 is 5.32 Å². The first-order valence-electron chi connectivity index (χ1n) is 5.94. The summed E-state index contributed by atoms with van der Waals surface area (Å²) in [4.78, 5) is 0. The van der Waals surface area contributed by atoms with Crippen LogP contribution in [0.15, 0.2) is 0 Å². The quantitative estimate of drug-likeness (QED) is 0.802. The van der Waals surface area contributed by atoms with E-state index in [1.807, 2.05) is 0 Å². The van der Waals surface area contributed by atoms with Gasteiger partial charge in [-0.25, -0.2) is 8.42 Å². The van der Waals surface area contributed by atoms with Gasteiger partial charge in [0.2, 0.25) is 0 Å². The highest BCUT2D eigenvalue weighted by molar-refractivity contribution is 7.92. The average Bonchev–Trinajstić information content (AvgIpc) is 2.43. The van der Waals surface area contributed by atoms with E-state index in [-0.39, 0.29) is 5.25 Å². The maximum Gasteiger partial charge on any atom is 0.153 e. The van der Waals surface area contributed by atoms with E-state index in [0.717, 1.165) is 38.8 Å². The fraction of sp³-hybridized carbons (Fsp3) is 1.00. The highest BCUT2D eigenvalue weighted by atomic mass is 32.2. The van der Waals surface area contributed by atoms with Crippen LogP contribution in [-0.2, 0) is 9.84 Å². The van der Waals surface area contributed by atoms with E-state index in [2.05, 4.69) is 19.2 Å². The van der Waals surface area contributed by atoms with Gasteiger partial charge in [-0.2, -0.15) is 0 Å². The Morgan fingerprint density at radius 2 is 2.00 bits per heavy atom. The lowest BCUT2D eigenvalue weighted by Gasteiger charge is -2.15. The lowest BCUT2D eigenvalue weighted by Crippen LogP contribution is -2.26. The van der Waals surface area contributed by atoms with Crippen LogP contribution in [0, 0.1) is 5.92 Å². The number of sulfone groups is 1. The maximum atomic E-state index is 12.0. The Morgan fingerprint density at radius 3 is 2.67 bits per heavy atom. The Labute approximate surface area is 93.6 Å². The monoisotopic (exact) mass is 233 g/mol. The van der Waals surface area contributed by atoms with E-state index in [4.69, 9.17) is 0 Å². The first kappa shape index (κ1) is 13.0. The maximum absolute atomic E-state index is 12.0. The van der Waals surface area contributed by atoms with Gasteiger partial charge in [0.15, 0.2) is 9.84 Å². The third-order valence-electron chi connectivity index (χ3n) is 3.01. The van der Waals surface area contributed by atoms with Crippen molar-refractivity contribution in [1.29, 1.82) is 0 Å². The second kappa shape index (κ2) is 5.85. The Bertz CT molecular complexity index is 264. The largest absolute Gasteiger partial charge is 0.317 e. The van der Waals surface area contributed by atoms with Crippen molar-refractivity contribution in [2.45, 2.75) is 44.8 Å². The molecule has 1 aliphatic rings. The molecule has 1 fully saturated rings. The van der Waals surface area contributed by atoms with Gasteiger partial charge in [-0.05, 0) is 44.7 Å². The lowest BCUT2D eigenvalue weighted by molar-refractivity contribution is 0.550. The molecule has 1 aliphatic heterocycles. The summed E-state index contributed by atoms with van der Waals surface area (Å²) in [5.41, 5.74) is 0. The zero-order chi connectivity index (χ0) is 11.3. The minimum absolute atomic E-state index is 0.0914. The van der Waals surface area contributed by atoms with E-state index < -0.39 is 9.84 Å². The topological polar surface area (TPSA) is 46.2 Å². The van der Waals surface area contributed by atoms with Crippen LogP contribution in [0.3, 0.4) is 0 Å². The van der Waals surface area contributed by atoms with Crippen molar-refractivity contribution in [2.24, 2.45) is 5.92 Å². The molecule has 0 radical (unpaired) electrons. The molecule has 90 valence electrons. The molecule has 1 unspecified atom stereocenters. The molecule has 0 aromatic rings. The van der Waals surface area contributed by atoms with Gasteiger partial charge in [-0.15, -0.1) is 0 Å². The van der Waals surface area contributed by atoms with Crippen LogP contribution in [0.4, 0.5) is 0 Å².